The van der Waals surface area contributed by atoms with Crippen molar-refractivity contribution < 1.29 is 18.3 Å². The summed E-state index contributed by atoms with van der Waals surface area (Å²) in [5.41, 5.74) is 1.00. The quantitative estimate of drug-likeness (QED) is 0.222. The normalized spacial score (nSPS) is 15.5. The number of fused-ring (bicyclic) bond motifs is 5. The van der Waals surface area contributed by atoms with E-state index in [-0.39, 0.29) is 38.5 Å². The maximum Gasteiger partial charge on any atom is 0.416 e. The summed E-state index contributed by atoms with van der Waals surface area (Å²) in [5, 5.41) is 10.9. The highest BCUT2D eigenvalue weighted by Gasteiger charge is 2.48. The van der Waals surface area contributed by atoms with Crippen LogP contribution in [0.1, 0.15) is 50.1 Å². The lowest BCUT2D eigenvalue weighted by atomic mass is 9.66. The standard InChI is InChI=1S/C41H29F3N2O5/c1-19-12-24(15-33(22(19)4)41(42,43)44)40(32-9-7-6-8-26(32)27-11-10-25(47)16-34(27)40)23-13-20(2)35(21(3)14-23)46-38(50)30-17-28-29(18-31(30)39(46)51)37(49)45(5)36(28)48/h6-18,47H,1-5H3. The third-order valence-electron chi connectivity index (χ3n) is 10.7. The van der Waals surface area contributed by atoms with Gasteiger partial charge in [-0.3, -0.25) is 23.7 Å². The Morgan fingerprint density at radius 3 is 1.71 bits per heavy atom. The van der Waals surface area contributed by atoms with Crippen molar-refractivity contribution in [2.75, 3.05) is 0 Å². The van der Waals surface area contributed by atoms with Crippen LogP contribution in [0.15, 0.2) is 98.0 Å². The van der Waals surface area contributed by atoms with Crippen molar-refractivity contribution >= 4 is 21.5 Å². The van der Waals surface area contributed by atoms with E-state index in [9.17, 15) is 37.5 Å². The molecular formula is C41H29F3N2O5. The van der Waals surface area contributed by atoms with Crippen molar-refractivity contribution in [2.45, 2.75) is 39.3 Å². The van der Waals surface area contributed by atoms with Crippen LogP contribution in [-0.2, 0) is 18.6 Å². The average molecular weight is 687 g/mol. The largest absolute Gasteiger partial charge is 0.508 e. The predicted octanol–water partition coefficient (Wildman–Crippen LogP) is 6.76. The van der Waals surface area contributed by atoms with Gasteiger partial charge in [-0.1, -0.05) is 48.5 Å². The predicted molar refractivity (Wildman–Crippen MR) is 190 cm³/mol. The summed E-state index contributed by atoms with van der Waals surface area (Å²) in [6, 6.07) is 21.4. The highest BCUT2D eigenvalue weighted by molar-refractivity contribution is 5.98. The first kappa shape index (κ1) is 32.2. The molecule has 0 amide bonds. The maximum atomic E-state index is 14.6. The molecule has 1 atom stereocenters. The summed E-state index contributed by atoms with van der Waals surface area (Å²) in [5.74, 6) is -0.0584. The molecule has 10 heteroatoms. The van der Waals surface area contributed by atoms with Crippen LogP contribution >= 0.6 is 0 Å². The third-order valence-corrected chi connectivity index (χ3v) is 10.7. The average Bonchev–Trinajstić information content (AvgIpc) is 3.59. The van der Waals surface area contributed by atoms with Crippen LogP contribution in [0.4, 0.5) is 13.2 Å². The van der Waals surface area contributed by atoms with Crippen molar-refractivity contribution in [3.05, 3.63) is 170 Å². The van der Waals surface area contributed by atoms with Gasteiger partial charge in [-0.25, -0.2) is 4.57 Å². The molecule has 0 fully saturated rings. The van der Waals surface area contributed by atoms with E-state index in [0.29, 0.717) is 38.9 Å². The fourth-order valence-corrected chi connectivity index (χ4v) is 8.25. The number of hydrogen-bond acceptors (Lipinski definition) is 5. The molecule has 1 aliphatic rings. The number of benzene rings is 5. The van der Waals surface area contributed by atoms with Crippen LogP contribution in [0.2, 0.25) is 0 Å². The second-order valence-corrected chi connectivity index (χ2v) is 13.5. The SMILES string of the molecule is Cc1cc(C2(c3cc(C)c(-n4c(=O)c5cc6c(=O)n(C)c(=O)c6cc5c4=O)c(C)c3)c3ccccc3-c3ccc(O)cc32)cc(C(F)(F)F)c1C. The molecule has 7 aromatic rings. The summed E-state index contributed by atoms with van der Waals surface area (Å²) >= 11 is 0. The Labute approximate surface area is 287 Å². The lowest BCUT2D eigenvalue weighted by Gasteiger charge is -2.36. The van der Waals surface area contributed by atoms with E-state index in [0.717, 1.165) is 20.3 Å². The van der Waals surface area contributed by atoms with E-state index in [1.165, 1.54) is 32.2 Å². The van der Waals surface area contributed by atoms with Gasteiger partial charge in [0.15, 0.2) is 0 Å². The van der Waals surface area contributed by atoms with Gasteiger partial charge in [0.25, 0.3) is 22.2 Å². The summed E-state index contributed by atoms with van der Waals surface area (Å²) < 4.78 is 45.8. The first-order valence-electron chi connectivity index (χ1n) is 16.2. The zero-order valence-electron chi connectivity index (χ0n) is 28.1. The zero-order chi connectivity index (χ0) is 36.5. The summed E-state index contributed by atoms with van der Waals surface area (Å²) in [7, 11) is 1.33. The number of aromatic hydroxyl groups is 1. The van der Waals surface area contributed by atoms with Gasteiger partial charge in [0.1, 0.15) is 5.75 Å². The van der Waals surface area contributed by atoms with Gasteiger partial charge in [-0.2, -0.15) is 13.2 Å². The number of aromatic nitrogens is 2. The van der Waals surface area contributed by atoms with Crippen LogP contribution < -0.4 is 22.2 Å². The number of phenols is 1. The molecule has 1 aliphatic carbocycles. The van der Waals surface area contributed by atoms with Crippen molar-refractivity contribution in [2.24, 2.45) is 7.05 Å². The molecule has 0 aliphatic heterocycles. The van der Waals surface area contributed by atoms with Gasteiger partial charge < -0.3 is 5.11 Å². The molecule has 0 saturated heterocycles. The maximum absolute atomic E-state index is 14.6. The minimum Gasteiger partial charge on any atom is -0.508 e. The molecule has 0 spiro atoms. The fourth-order valence-electron chi connectivity index (χ4n) is 8.25. The summed E-state index contributed by atoms with van der Waals surface area (Å²) in [4.78, 5) is 53.3. The molecule has 1 unspecified atom stereocenters. The van der Waals surface area contributed by atoms with E-state index in [1.807, 2.05) is 24.3 Å². The molecule has 0 saturated carbocycles. The highest BCUT2D eigenvalue weighted by Crippen LogP contribution is 2.58. The van der Waals surface area contributed by atoms with E-state index >= 15 is 0 Å². The van der Waals surface area contributed by atoms with Gasteiger partial charge >= 0.3 is 6.18 Å². The minimum absolute atomic E-state index is 0.00141. The second-order valence-electron chi connectivity index (χ2n) is 13.5. The molecule has 0 bridgehead atoms. The molecule has 7 nitrogen and oxygen atoms in total. The van der Waals surface area contributed by atoms with E-state index in [4.69, 9.17) is 0 Å². The molecule has 51 heavy (non-hydrogen) atoms. The minimum atomic E-state index is -4.64. The van der Waals surface area contributed by atoms with E-state index < -0.39 is 39.4 Å². The van der Waals surface area contributed by atoms with Gasteiger partial charge in [-0.05, 0) is 114 Å². The monoisotopic (exact) mass is 686 g/mol. The fraction of sp³-hybridized carbons (Fsp3) is 0.171. The second kappa shape index (κ2) is 10.5. The molecule has 8 rings (SSSR count). The van der Waals surface area contributed by atoms with Crippen LogP contribution in [0.3, 0.4) is 0 Å². The first-order valence-corrected chi connectivity index (χ1v) is 16.2. The van der Waals surface area contributed by atoms with Crippen LogP contribution in [-0.4, -0.2) is 14.2 Å². The lowest BCUT2D eigenvalue weighted by molar-refractivity contribution is -0.138. The van der Waals surface area contributed by atoms with Crippen LogP contribution in [0, 0.1) is 27.7 Å². The molecular weight excluding hydrogens is 657 g/mol. The van der Waals surface area contributed by atoms with Crippen LogP contribution in [0.5, 0.6) is 5.75 Å². The van der Waals surface area contributed by atoms with E-state index in [1.54, 1.807) is 57.2 Å². The topological polar surface area (TPSA) is 98.4 Å². The molecule has 2 aromatic heterocycles. The Kier molecular flexibility index (Phi) is 6.62. The Hall–Kier alpha value is -6.03. The number of alkyl halides is 3. The number of phenolic OH excluding ortho intramolecular Hbond substituents is 1. The van der Waals surface area contributed by atoms with Gasteiger partial charge in [-0.15, -0.1) is 0 Å². The molecule has 254 valence electrons. The van der Waals surface area contributed by atoms with Gasteiger partial charge in [0.05, 0.1) is 38.2 Å². The Morgan fingerprint density at radius 1 is 0.608 bits per heavy atom. The highest BCUT2D eigenvalue weighted by atomic mass is 19.4. The van der Waals surface area contributed by atoms with Gasteiger partial charge in [0, 0.05) is 7.05 Å². The van der Waals surface area contributed by atoms with Crippen molar-refractivity contribution in [1.82, 2.24) is 9.13 Å². The van der Waals surface area contributed by atoms with Crippen molar-refractivity contribution in [3.8, 4) is 22.6 Å². The molecule has 5 aromatic carbocycles. The Balaban J connectivity index is 1.46. The Bertz CT molecular complexity index is 2810. The third kappa shape index (κ3) is 4.19. The summed E-state index contributed by atoms with van der Waals surface area (Å²) in [6.07, 6.45) is -4.64. The molecule has 1 N–H and O–H groups in total. The molecule has 0 radical (unpaired) electrons. The molecule has 2 heterocycles. The Morgan fingerprint density at radius 2 is 1.12 bits per heavy atom. The lowest BCUT2D eigenvalue weighted by Crippen LogP contribution is -2.31. The number of halogens is 3. The van der Waals surface area contributed by atoms with Crippen molar-refractivity contribution in [1.29, 1.82) is 0 Å². The first-order chi connectivity index (χ1) is 24.1. The number of nitrogens with zero attached hydrogens (tertiary/aromatic N) is 2. The zero-order valence-corrected chi connectivity index (χ0v) is 28.1. The van der Waals surface area contributed by atoms with E-state index in [2.05, 4.69) is 0 Å². The van der Waals surface area contributed by atoms with Gasteiger partial charge in [0.2, 0.25) is 0 Å². The number of hydrogen-bond donors (Lipinski definition) is 1. The number of rotatable bonds is 3. The smallest absolute Gasteiger partial charge is 0.416 e. The van der Waals surface area contributed by atoms with Crippen molar-refractivity contribution in [3.63, 3.8) is 0 Å². The van der Waals surface area contributed by atoms with Crippen LogP contribution in [0.25, 0.3) is 38.4 Å². The number of aryl methyl sites for hydroxylation is 3. The summed E-state index contributed by atoms with van der Waals surface area (Å²) in [6.45, 7) is 6.53.